The number of hydrogen-bond donors (Lipinski definition) is 1. The number of aryl methyl sites for hydroxylation is 1. The number of amides is 2. The number of hydrogen-bond acceptors (Lipinski definition) is 6. The van der Waals surface area contributed by atoms with E-state index in [4.69, 9.17) is 9.15 Å². The number of nitrogens with one attached hydrogen (secondary N) is 1. The molecule has 0 aliphatic carbocycles. The smallest absolute Gasteiger partial charge is 0.339 e. The zero-order valence-corrected chi connectivity index (χ0v) is 15.7. The van der Waals surface area contributed by atoms with E-state index in [2.05, 4.69) is 5.32 Å². The monoisotopic (exact) mass is 381 g/mol. The van der Waals surface area contributed by atoms with Crippen molar-refractivity contribution >= 4 is 29.4 Å². The van der Waals surface area contributed by atoms with Crippen LogP contribution in [0.25, 0.3) is 0 Å². The quantitative estimate of drug-likeness (QED) is 0.815. The van der Waals surface area contributed by atoms with Crippen LogP contribution in [-0.2, 0) is 14.3 Å². The second-order valence-electron chi connectivity index (χ2n) is 6.50. The number of carbonyl (C=O) groups excluding carboxylic acids is 3. The molecule has 0 bridgehead atoms. The van der Waals surface area contributed by atoms with Crippen molar-refractivity contribution < 1.29 is 23.5 Å². The number of rotatable bonds is 4. The Morgan fingerprint density at radius 3 is 2.71 bits per heavy atom. The van der Waals surface area contributed by atoms with Crippen LogP contribution in [0.2, 0.25) is 0 Å². The molecular weight excluding hydrogens is 362 g/mol. The normalized spacial score (nSPS) is 16.0. The van der Waals surface area contributed by atoms with Crippen LogP contribution in [0.1, 0.15) is 33.7 Å². The minimum absolute atomic E-state index is 0.0120. The maximum atomic E-state index is 12.6. The summed E-state index contributed by atoms with van der Waals surface area (Å²) >= 11 is 0. The zero-order valence-electron chi connectivity index (χ0n) is 15.7. The fraction of sp³-hybridized carbons (Fsp3) is 0.300. The van der Waals surface area contributed by atoms with E-state index in [0.717, 1.165) is 0 Å². The Kier molecular flexibility index (Phi) is 5.18. The molecule has 1 saturated heterocycles. The van der Waals surface area contributed by atoms with E-state index in [9.17, 15) is 19.6 Å². The summed E-state index contributed by atoms with van der Waals surface area (Å²) in [6, 6.07) is 8.59. The lowest BCUT2D eigenvalue weighted by Gasteiger charge is -2.19. The number of esters is 1. The van der Waals surface area contributed by atoms with Gasteiger partial charge in [0.15, 0.2) is 0 Å². The van der Waals surface area contributed by atoms with Gasteiger partial charge in [-0.25, -0.2) is 4.79 Å². The average molecular weight is 381 g/mol. The second-order valence-corrected chi connectivity index (χ2v) is 6.50. The largest absolute Gasteiger partial charge is 0.465 e. The van der Waals surface area contributed by atoms with Crippen molar-refractivity contribution in [1.29, 1.82) is 5.26 Å². The molecule has 1 fully saturated rings. The number of nitriles is 1. The Morgan fingerprint density at radius 2 is 2.04 bits per heavy atom. The summed E-state index contributed by atoms with van der Waals surface area (Å²) < 4.78 is 10.2. The lowest BCUT2D eigenvalue weighted by atomic mass is 10.1. The van der Waals surface area contributed by atoms with Gasteiger partial charge < -0.3 is 14.1 Å². The molecule has 3 rings (SSSR count). The third kappa shape index (κ3) is 3.34. The number of methoxy groups -OCH3 is 1. The van der Waals surface area contributed by atoms with Crippen molar-refractivity contribution in [2.24, 2.45) is 5.92 Å². The SMILES string of the molecule is COC(=O)c1ccccc1N1CC(C(=O)Nc2oc(C)c(C)c2C#N)CC1=O. The molecular formula is C20H19N3O5. The maximum Gasteiger partial charge on any atom is 0.339 e. The Labute approximate surface area is 161 Å². The van der Waals surface area contributed by atoms with E-state index in [1.165, 1.54) is 12.0 Å². The first-order valence-electron chi connectivity index (χ1n) is 8.66. The van der Waals surface area contributed by atoms with Crippen molar-refractivity contribution in [3.8, 4) is 6.07 Å². The molecule has 1 unspecified atom stereocenters. The Bertz CT molecular complexity index is 1000. The molecule has 0 saturated carbocycles. The molecule has 8 nitrogen and oxygen atoms in total. The van der Waals surface area contributed by atoms with E-state index in [0.29, 0.717) is 17.0 Å². The van der Waals surface area contributed by atoms with E-state index < -0.39 is 17.8 Å². The highest BCUT2D eigenvalue weighted by Gasteiger charge is 2.37. The van der Waals surface area contributed by atoms with Gasteiger partial charge in [-0.05, 0) is 26.0 Å². The highest BCUT2D eigenvalue weighted by Crippen LogP contribution is 2.31. The van der Waals surface area contributed by atoms with Gasteiger partial charge in [-0.3, -0.25) is 14.9 Å². The molecule has 2 aromatic rings. The molecule has 144 valence electrons. The van der Waals surface area contributed by atoms with Crippen LogP contribution in [0.3, 0.4) is 0 Å². The van der Waals surface area contributed by atoms with Gasteiger partial charge in [-0.1, -0.05) is 12.1 Å². The van der Waals surface area contributed by atoms with E-state index in [1.54, 1.807) is 38.1 Å². The first-order valence-corrected chi connectivity index (χ1v) is 8.66. The van der Waals surface area contributed by atoms with E-state index >= 15 is 0 Å². The third-order valence-corrected chi connectivity index (χ3v) is 4.83. The van der Waals surface area contributed by atoms with Gasteiger partial charge in [0.1, 0.15) is 17.4 Å². The van der Waals surface area contributed by atoms with Crippen LogP contribution < -0.4 is 10.2 Å². The van der Waals surface area contributed by atoms with Crippen LogP contribution in [0.15, 0.2) is 28.7 Å². The predicted octanol–water partition coefficient (Wildman–Crippen LogP) is 2.55. The van der Waals surface area contributed by atoms with Crippen LogP contribution in [-0.4, -0.2) is 31.4 Å². The molecule has 1 atom stereocenters. The van der Waals surface area contributed by atoms with Crippen LogP contribution in [0.5, 0.6) is 0 Å². The zero-order chi connectivity index (χ0) is 20.4. The summed E-state index contributed by atoms with van der Waals surface area (Å²) in [7, 11) is 1.27. The number of nitrogens with zero attached hydrogens (tertiary/aromatic N) is 2. The number of ether oxygens (including phenoxy) is 1. The van der Waals surface area contributed by atoms with Crippen LogP contribution in [0.4, 0.5) is 11.6 Å². The van der Waals surface area contributed by atoms with Crippen molar-refractivity contribution in [1.82, 2.24) is 0 Å². The van der Waals surface area contributed by atoms with Crippen molar-refractivity contribution in [2.45, 2.75) is 20.3 Å². The Balaban J connectivity index is 1.80. The lowest BCUT2D eigenvalue weighted by molar-refractivity contribution is -0.122. The summed E-state index contributed by atoms with van der Waals surface area (Å²) in [4.78, 5) is 38.5. The van der Waals surface area contributed by atoms with Crippen molar-refractivity contribution in [2.75, 3.05) is 23.9 Å². The van der Waals surface area contributed by atoms with Crippen LogP contribution >= 0.6 is 0 Å². The number of benzene rings is 1. The minimum atomic E-state index is -0.643. The number of anilines is 2. The van der Waals surface area contributed by atoms with Crippen molar-refractivity contribution in [3.05, 3.63) is 46.7 Å². The van der Waals surface area contributed by atoms with E-state index in [-0.39, 0.29) is 35.9 Å². The predicted molar refractivity (Wildman–Crippen MR) is 99.8 cm³/mol. The van der Waals surface area contributed by atoms with Crippen LogP contribution in [0, 0.1) is 31.1 Å². The third-order valence-electron chi connectivity index (χ3n) is 4.83. The summed E-state index contributed by atoms with van der Waals surface area (Å²) in [6.45, 7) is 3.55. The minimum Gasteiger partial charge on any atom is -0.465 e. The number of para-hydroxylation sites is 1. The summed E-state index contributed by atoms with van der Waals surface area (Å²) in [5, 5.41) is 11.9. The highest BCUT2D eigenvalue weighted by atomic mass is 16.5. The molecule has 1 aliphatic rings. The van der Waals surface area contributed by atoms with Gasteiger partial charge in [-0.15, -0.1) is 0 Å². The molecule has 1 aromatic heterocycles. The first-order chi connectivity index (χ1) is 13.4. The average Bonchev–Trinajstić information content (AvgIpc) is 3.20. The maximum absolute atomic E-state index is 12.6. The van der Waals surface area contributed by atoms with E-state index in [1.807, 2.05) is 6.07 Å². The van der Waals surface area contributed by atoms with Gasteiger partial charge in [0.05, 0.1) is 24.3 Å². The first kappa shape index (κ1) is 19.2. The second kappa shape index (κ2) is 7.56. The molecule has 1 N–H and O–H groups in total. The topological polar surface area (TPSA) is 113 Å². The van der Waals surface area contributed by atoms with Gasteiger partial charge in [0.25, 0.3) is 0 Å². The van der Waals surface area contributed by atoms with Gasteiger partial charge in [-0.2, -0.15) is 5.26 Å². The fourth-order valence-corrected chi connectivity index (χ4v) is 3.17. The van der Waals surface area contributed by atoms with Gasteiger partial charge in [0.2, 0.25) is 17.7 Å². The lowest BCUT2D eigenvalue weighted by Crippen LogP contribution is -2.29. The molecule has 2 heterocycles. The van der Waals surface area contributed by atoms with Gasteiger partial charge >= 0.3 is 5.97 Å². The molecule has 28 heavy (non-hydrogen) atoms. The highest BCUT2D eigenvalue weighted by molar-refractivity contribution is 6.07. The Morgan fingerprint density at radius 1 is 1.32 bits per heavy atom. The number of carbonyl (C=O) groups is 3. The Hall–Kier alpha value is -3.60. The molecule has 1 aliphatic heterocycles. The number of furan rings is 1. The summed E-state index contributed by atoms with van der Waals surface area (Å²) in [5.74, 6) is -1.27. The molecule has 1 aromatic carbocycles. The molecule has 2 amide bonds. The molecule has 0 radical (unpaired) electrons. The summed E-state index contributed by atoms with van der Waals surface area (Å²) in [5.41, 5.74) is 1.58. The molecule has 0 spiro atoms. The fourth-order valence-electron chi connectivity index (χ4n) is 3.17. The molecule has 8 heteroatoms. The van der Waals surface area contributed by atoms with Gasteiger partial charge in [0, 0.05) is 18.5 Å². The summed E-state index contributed by atoms with van der Waals surface area (Å²) in [6.07, 6.45) is -0.0120. The van der Waals surface area contributed by atoms with Crippen molar-refractivity contribution in [3.63, 3.8) is 0 Å². The standard InChI is InChI=1S/C20H19N3O5/c1-11-12(2)28-19(15(11)9-21)22-18(25)13-8-17(24)23(10-13)16-7-5-4-6-14(16)20(26)27-3/h4-7,13H,8,10H2,1-3H3,(H,22,25).